The number of halogens is 2. The van der Waals surface area contributed by atoms with Gasteiger partial charge in [0.05, 0.1) is 6.21 Å². The van der Waals surface area contributed by atoms with E-state index in [0.717, 1.165) is 25.6 Å². The zero-order chi connectivity index (χ0) is 16.2. The number of hydrogen-bond acceptors (Lipinski definition) is 2. The molecule has 0 amide bonds. The van der Waals surface area contributed by atoms with E-state index in [4.69, 9.17) is 5.21 Å². The number of allylic oxidation sites excluding steroid dienone is 1. The van der Waals surface area contributed by atoms with Crippen LogP contribution in [0.3, 0.4) is 0 Å². The van der Waals surface area contributed by atoms with Gasteiger partial charge in [-0.2, -0.15) is 0 Å². The molecule has 4 heteroatoms. The molecular weight excluding hydrogens is 406 g/mol. The van der Waals surface area contributed by atoms with Crippen LogP contribution in [0.25, 0.3) is 5.57 Å². The average Bonchev–Trinajstić information content (AvgIpc) is 2.47. The van der Waals surface area contributed by atoms with E-state index in [1.54, 1.807) is 0 Å². The summed E-state index contributed by atoms with van der Waals surface area (Å²) in [6.45, 7) is 4.01. The van der Waals surface area contributed by atoms with Crippen molar-refractivity contribution in [3.05, 3.63) is 74.7 Å². The molecule has 0 unspecified atom stereocenters. The van der Waals surface area contributed by atoms with Crippen molar-refractivity contribution in [2.45, 2.75) is 13.8 Å². The summed E-state index contributed by atoms with van der Waals surface area (Å²) in [4.78, 5) is 0. The van der Waals surface area contributed by atoms with Crippen LogP contribution in [-0.4, -0.2) is 11.4 Å². The van der Waals surface area contributed by atoms with Gasteiger partial charge in [-0.1, -0.05) is 76.0 Å². The van der Waals surface area contributed by atoms with Crippen molar-refractivity contribution >= 4 is 43.6 Å². The number of rotatable bonds is 4. The molecule has 22 heavy (non-hydrogen) atoms. The van der Waals surface area contributed by atoms with Crippen molar-refractivity contribution in [1.82, 2.24) is 0 Å². The van der Waals surface area contributed by atoms with E-state index in [2.05, 4.69) is 67.4 Å². The Balaban J connectivity index is 2.56. The van der Waals surface area contributed by atoms with Crippen LogP contribution in [-0.2, 0) is 0 Å². The van der Waals surface area contributed by atoms with E-state index in [1.807, 2.05) is 38.1 Å². The zero-order valence-corrected chi connectivity index (χ0v) is 15.6. The maximum atomic E-state index is 8.86. The molecule has 0 radical (unpaired) electrons. The first kappa shape index (κ1) is 17.0. The standard InChI is InChI=1S/C18H17Br2NO/c1-18(2,12-21-22)11-17(13-3-7-15(19)8-4-13)14-5-9-16(20)10-6-14/h3-12,22H,1-2H3/b21-12+. The monoisotopic (exact) mass is 421 g/mol. The summed E-state index contributed by atoms with van der Waals surface area (Å²) in [6.07, 6.45) is 3.64. The lowest BCUT2D eigenvalue weighted by Crippen LogP contribution is -2.10. The molecule has 0 aliphatic rings. The largest absolute Gasteiger partial charge is 0.411 e. The number of nitrogens with zero attached hydrogens (tertiary/aromatic N) is 1. The summed E-state index contributed by atoms with van der Waals surface area (Å²) in [5.41, 5.74) is 2.98. The summed E-state index contributed by atoms with van der Waals surface area (Å²) in [7, 11) is 0. The first-order valence-corrected chi connectivity index (χ1v) is 8.43. The van der Waals surface area contributed by atoms with Crippen molar-refractivity contribution < 1.29 is 5.21 Å². The van der Waals surface area contributed by atoms with E-state index < -0.39 is 0 Å². The van der Waals surface area contributed by atoms with Crippen molar-refractivity contribution in [3.63, 3.8) is 0 Å². The van der Waals surface area contributed by atoms with Gasteiger partial charge in [-0.25, -0.2) is 0 Å². The van der Waals surface area contributed by atoms with Gasteiger partial charge in [0.2, 0.25) is 0 Å². The van der Waals surface area contributed by atoms with E-state index in [9.17, 15) is 0 Å². The molecule has 0 atom stereocenters. The average molecular weight is 423 g/mol. The quantitative estimate of drug-likeness (QED) is 0.358. The Kier molecular flexibility index (Phi) is 5.59. The highest BCUT2D eigenvalue weighted by Gasteiger charge is 2.15. The lowest BCUT2D eigenvalue weighted by atomic mass is 9.87. The van der Waals surface area contributed by atoms with Crippen LogP contribution < -0.4 is 0 Å². The summed E-state index contributed by atoms with van der Waals surface area (Å²) < 4.78 is 2.09. The van der Waals surface area contributed by atoms with E-state index in [1.165, 1.54) is 6.21 Å². The van der Waals surface area contributed by atoms with E-state index >= 15 is 0 Å². The van der Waals surface area contributed by atoms with Gasteiger partial charge >= 0.3 is 0 Å². The van der Waals surface area contributed by atoms with Gasteiger partial charge in [-0.05, 0) is 41.0 Å². The summed E-state index contributed by atoms with van der Waals surface area (Å²) in [6, 6.07) is 16.4. The molecular formula is C18H17Br2NO. The van der Waals surface area contributed by atoms with Gasteiger partial charge in [0.15, 0.2) is 0 Å². The third kappa shape index (κ3) is 4.55. The molecule has 2 aromatic carbocycles. The Hall–Kier alpha value is -1.39. The van der Waals surface area contributed by atoms with Crippen LogP contribution in [0, 0.1) is 5.41 Å². The molecule has 0 bridgehead atoms. The van der Waals surface area contributed by atoms with Crippen LogP contribution >= 0.6 is 31.9 Å². The first-order chi connectivity index (χ1) is 10.4. The second kappa shape index (κ2) is 7.25. The Morgan fingerprint density at radius 1 is 0.909 bits per heavy atom. The summed E-state index contributed by atoms with van der Waals surface area (Å²) >= 11 is 6.93. The fourth-order valence-corrected chi connectivity index (χ4v) is 2.68. The molecule has 2 aromatic rings. The normalized spacial score (nSPS) is 11.6. The van der Waals surface area contributed by atoms with Crippen LogP contribution in [0.4, 0.5) is 0 Å². The lowest BCUT2D eigenvalue weighted by molar-refractivity contribution is 0.317. The SMILES string of the molecule is CC(C)(C=C(c1ccc(Br)cc1)c1ccc(Br)cc1)/C=N/O. The minimum atomic E-state index is -0.357. The molecule has 0 aliphatic heterocycles. The van der Waals surface area contributed by atoms with Crippen molar-refractivity contribution in [2.24, 2.45) is 10.6 Å². The van der Waals surface area contributed by atoms with Gasteiger partial charge in [0.25, 0.3) is 0 Å². The molecule has 0 fully saturated rings. The van der Waals surface area contributed by atoms with Crippen LogP contribution in [0.2, 0.25) is 0 Å². The molecule has 0 aromatic heterocycles. The van der Waals surface area contributed by atoms with Crippen molar-refractivity contribution in [1.29, 1.82) is 0 Å². The third-order valence-corrected chi connectivity index (χ3v) is 4.27. The van der Waals surface area contributed by atoms with E-state index in [0.29, 0.717) is 0 Å². The minimum absolute atomic E-state index is 0.357. The van der Waals surface area contributed by atoms with Gasteiger partial charge < -0.3 is 5.21 Å². The van der Waals surface area contributed by atoms with Gasteiger partial charge in [-0.3, -0.25) is 0 Å². The number of hydrogen-bond donors (Lipinski definition) is 1. The second-order valence-corrected chi connectivity index (χ2v) is 7.47. The maximum Gasteiger partial charge on any atom is 0.0530 e. The van der Waals surface area contributed by atoms with Gasteiger partial charge in [0, 0.05) is 14.4 Å². The molecule has 0 saturated heterocycles. The Labute approximate surface area is 147 Å². The van der Waals surface area contributed by atoms with E-state index in [-0.39, 0.29) is 5.41 Å². The number of benzene rings is 2. The molecule has 0 aliphatic carbocycles. The fraction of sp³-hybridized carbons (Fsp3) is 0.167. The van der Waals surface area contributed by atoms with Gasteiger partial charge in [-0.15, -0.1) is 5.16 Å². The Morgan fingerprint density at radius 2 is 1.32 bits per heavy atom. The first-order valence-electron chi connectivity index (χ1n) is 6.84. The molecule has 1 N–H and O–H groups in total. The van der Waals surface area contributed by atoms with Crippen LogP contribution in [0.5, 0.6) is 0 Å². The Bertz CT molecular complexity index is 639. The zero-order valence-electron chi connectivity index (χ0n) is 12.4. The van der Waals surface area contributed by atoms with Crippen molar-refractivity contribution in [3.8, 4) is 0 Å². The maximum absolute atomic E-state index is 8.86. The predicted molar refractivity (Wildman–Crippen MR) is 99.4 cm³/mol. The van der Waals surface area contributed by atoms with Gasteiger partial charge in [0.1, 0.15) is 0 Å². The highest BCUT2D eigenvalue weighted by atomic mass is 79.9. The lowest BCUT2D eigenvalue weighted by Gasteiger charge is -2.18. The predicted octanol–water partition coefficient (Wildman–Crippen LogP) is 6.13. The van der Waals surface area contributed by atoms with Crippen molar-refractivity contribution in [2.75, 3.05) is 0 Å². The molecule has 0 saturated carbocycles. The highest BCUT2D eigenvalue weighted by Crippen LogP contribution is 2.30. The minimum Gasteiger partial charge on any atom is -0.411 e. The fourth-order valence-electron chi connectivity index (χ4n) is 2.15. The molecule has 114 valence electrons. The Morgan fingerprint density at radius 3 is 1.68 bits per heavy atom. The topological polar surface area (TPSA) is 32.6 Å². The van der Waals surface area contributed by atoms with Crippen LogP contribution in [0.1, 0.15) is 25.0 Å². The number of oxime groups is 1. The summed E-state index contributed by atoms with van der Waals surface area (Å²) in [5.74, 6) is 0. The molecule has 0 spiro atoms. The second-order valence-electron chi connectivity index (χ2n) is 5.64. The molecule has 2 rings (SSSR count). The third-order valence-electron chi connectivity index (χ3n) is 3.22. The molecule has 0 heterocycles. The van der Waals surface area contributed by atoms with Crippen LogP contribution in [0.15, 0.2) is 68.7 Å². The molecule has 2 nitrogen and oxygen atoms in total. The highest BCUT2D eigenvalue weighted by molar-refractivity contribution is 9.10. The summed E-state index contributed by atoms with van der Waals surface area (Å²) in [5, 5.41) is 12.0. The smallest absolute Gasteiger partial charge is 0.0530 e.